The quantitative estimate of drug-likeness (QED) is 0.470. The fourth-order valence-corrected chi connectivity index (χ4v) is 5.92. The van der Waals surface area contributed by atoms with E-state index in [0.29, 0.717) is 18.0 Å². The maximum Gasteiger partial charge on any atom is 0.233 e. The molecule has 0 atom stereocenters. The highest BCUT2D eigenvalue weighted by Gasteiger charge is 2.23. The third kappa shape index (κ3) is 5.66. The lowest BCUT2D eigenvalue weighted by Crippen LogP contribution is -2.35. The summed E-state index contributed by atoms with van der Waals surface area (Å²) in [5.41, 5.74) is 6.21. The molecular formula is C30H38N6O2. The van der Waals surface area contributed by atoms with Gasteiger partial charge in [0.25, 0.3) is 0 Å². The first kappa shape index (κ1) is 25.2. The van der Waals surface area contributed by atoms with Crippen LogP contribution in [0.5, 0.6) is 5.88 Å². The molecule has 0 bridgehead atoms. The average Bonchev–Trinajstić information content (AvgIpc) is 2.95. The zero-order valence-corrected chi connectivity index (χ0v) is 22.5. The summed E-state index contributed by atoms with van der Waals surface area (Å²) < 4.78 is 12.0. The van der Waals surface area contributed by atoms with Crippen LogP contribution in [-0.2, 0) is 11.2 Å². The summed E-state index contributed by atoms with van der Waals surface area (Å²) in [7, 11) is 2.16. The van der Waals surface area contributed by atoms with Crippen molar-refractivity contribution in [1.82, 2.24) is 24.8 Å². The molecule has 2 fully saturated rings. The van der Waals surface area contributed by atoms with Gasteiger partial charge < -0.3 is 19.7 Å². The number of hydrogen-bond donors (Lipinski definition) is 1. The molecule has 3 aromatic rings. The van der Waals surface area contributed by atoms with Crippen molar-refractivity contribution in [2.45, 2.75) is 76.5 Å². The molecule has 1 aromatic carbocycles. The summed E-state index contributed by atoms with van der Waals surface area (Å²) in [6.07, 6.45) is 14.9. The van der Waals surface area contributed by atoms with E-state index in [0.717, 1.165) is 105 Å². The van der Waals surface area contributed by atoms with Crippen LogP contribution >= 0.6 is 0 Å². The third-order valence-electron chi connectivity index (χ3n) is 8.08. The maximum atomic E-state index is 6.20. The van der Waals surface area contributed by atoms with Crippen molar-refractivity contribution in [2.24, 2.45) is 0 Å². The molecule has 3 heterocycles. The second-order valence-electron chi connectivity index (χ2n) is 10.8. The predicted octanol–water partition coefficient (Wildman–Crippen LogP) is 5.03. The number of allylic oxidation sites excluding steroid dienone is 1. The molecule has 38 heavy (non-hydrogen) atoms. The van der Waals surface area contributed by atoms with Crippen LogP contribution in [-0.4, -0.2) is 69.8 Å². The summed E-state index contributed by atoms with van der Waals surface area (Å²) in [6.45, 7) is 4.97. The molecule has 0 unspecified atom stereocenters. The molecule has 8 nitrogen and oxygen atoms in total. The average molecular weight is 515 g/mol. The lowest BCUT2D eigenvalue weighted by atomic mass is 9.90. The van der Waals surface area contributed by atoms with Crippen LogP contribution < -0.4 is 10.1 Å². The SMILES string of the molecule is CCOC1CCC(Nc2ncc3c(n2)CCC=C3c2ccc3ncc(OC4CCN(C)CC4)nc3c2)CC1. The van der Waals surface area contributed by atoms with Gasteiger partial charge in [-0.25, -0.2) is 19.9 Å². The number of likely N-dealkylation sites (tertiary alicyclic amines) is 1. The molecule has 2 aromatic heterocycles. The Kier molecular flexibility index (Phi) is 7.51. The van der Waals surface area contributed by atoms with Crippen LogP contribution in [0.2, 0.25) is 0 Å². The molecule has 0 radical (unpaired) electrons. The standard InChI is InChI=1S/C30H38N6O2/c1-3-37-22-10-8-21(9-11-22)33-30-32-18-25-24(5-4-6-26(25)35-30)20-7-12-27-28(17-20)34-29(19-31-27)38-23-13-15-36(2)16-14-23/h5,7,12,17-19,21-23H,3-4,6,8-11,13-16H2,1-2H3,(H,32,33,35). The van der Waals surface area contributed by atoms with Gasteiger partial charge in [-0.2, -0.15) is 0 Å². The summed E-state index contributed by atoms with van der Waals surface area (Å²) in [6, 6.07) is 6.70. The molecule has 6 rings (SSSR count). The Morgan fingerprint density at radius 2 is 1.79 bits per heavy atom. The van der Waals surface area contributed by atoms with Crippen LogP contribution in [0.1, 0.15) is 68.7 Å². The highest BCUT2D eigenvalue weighted by molar-refractivity contribution is 5.87. The molecule has 1 N–H and O–H groups in total. The molecule has 1 saturated carbocycles. The maximum absolute atomic E-state index is 6.20. The number of nitrogens with one attached hydrogen (secondary N) is 1. The van der Waals surface area contributed by atoms with Crippen molar-refractivity contribution in [3.63, 3.8) is 0 Å². The van der Waals surface area contributed by atoms with Crippen LogP contribution in [0.25, 0.3) is 16.6 Å². The molecule has 200 valence electrons. The molecule has 0 amide bonds. The zero-order chi connectivity index (χ0) is 25.9. The number of benzene rings is 1. The van der Waals surface area contributed by atoms with E-state index in [9.17, 15) is 0 Å². The minimum absolute atomic E-state index is 0.203. The van der Waals surface area contributed by atoms with Crippen LogP contribution in [0, 0.1) is 0 Å². The van der Waals surface area contributed by atoms with Crippen LogP contribution in [0.3, 0.4) is 0 Å². The Hall–Kier alpha value is -3.10. The smallest absolute Gasteiger partial charge is 0.233 e. The largest absolute Gasteiger partial charge is 0.473 e. The normalized spacial score (nSPS) is 22.6. The fourth-order valence-electron chi connectivity index (χ4n) is 5.92. The Balaban J connectivity index is 1.17. The summed E-state index contributed by atoms with van der Waals surface area (Å²) in [5.74, 6) is 1.35. The van der Waals surface area contributed by atoms with Gasteiger partial charge in [0.15, 0.2) is 0 Å². The number of aryl methyl sites for hydroxylation is 1. The first-order valence-electron chi connectivity index (χ1n) is 14.2. The van der Waals surface area contributed by atoms with Crippen LogP contribution in [0.4, 0.5) is 5.95 Å². The van der Waals surface area contributed by atoms with Crippen molar-refractivity contribution >= 4 is 22.6 Å². The van der Waals surface area contributed by atoms with Gasteiger partial charge in [0.2, 0.25) is 11.8 Å². The van der Waals surface area contributed by atoms with E-state index in [4.69, 9.17) is 24.4 Å². The lowest BCUT2D eigenvalue weighted by Gasteiger charge is -2.29. The van der Waals surface area contributed by atoms with E-state index in [1.165, 1.54) is 5.57 Å². The highest BCUT2D eigenvalue weighted by atomic mass is 16.5. The van der Waals surface area contributed by atoms with Crippen LogP contribution in [0.15, 0.2) is 36.7 Å². The van der Waals surface area contributed by atoms with E-state index in [2.05, 4.69) is 47.4 Å². The first-order valence-corrected chi connectivity index (χ1v) is 14.2. The van der Waals surface area contributed by atoms with E-state index < -0.39 is 0 Å². The lowest BCUT2D eigenvalue weighted by molar-refractivity contribution is 0.0346. The molecule has 8 heteroatoms. The van der Waals surface area contributed by atoms with Crippen molar-refractivity contribution < 1.29 is 9.47 Å². The zero-order valence-electron chi connectivity index (χ0n) is 22.5. The van der Waals surface area contributed by atoms with Gasteiger partial charge in [0, 0.05) is 37.5 Å². The number of anilines is 1. The summed E-state index contributed by atoms with van der Waals surface area (Å²) in [4.78, 5) is 21.4. The van der Waals surface area contributed by atoms with Gasteiger partial charge in [-0.3, -0.25) is 0 Å². The molecule has 1 saturated heterocycles. The second kappa shape index (κ2) is 11.3. The van der Waals surface area contributed by atoms with Gasteiger partial charge in [0.1, 0.15) is 6.10 Å². The molecule has 0 spiro atoms. The van der Waals surface area contributed by atoms with Gasteiger partial charge in [-0.15, -0.1) is 0 Å². The predicted molar refractivity (Wildman–Crippen MR) is 149 cm³/mol. The van der Waals surface area contributed by atoms with Gasteiger partial charge in [-0.05, 0) is 88.6 Å². The van der Waals surface area contributed by atoms with Gasteiger partial charge in [-0.1, -0.05) is 12.1 Å². The topological polar surface area (TPSA) is 85.3 Å². The number of fused-ring (bicyclic) bond motifs is 2. The Morgan fingerprint density at radius 3 is 2.61 bits per heavy atom. The number of nitrogens with zero attached hydrogens (tertiary/aromatic N) is 5. The van der Waals surface area contributed by atoms with E-state index in [1.807, 2.05) is 12.3 Å². The van der Waals surface area contributed by atoms with Crippen molar-refractivity contribution in [2.75, 3.05) is 32.1 Å². The van der Waals surface area contributed by atoms with Gasteiger partial charge in [0.05, 0.1) is 29.0 Å². The van der Waals surface area contributed by atoms with Crippen molar-refractivity contribution in [3.05, 3.63) is 53.5 Å². The second-order valence-corrected chi connectivity index (χ2v) is 10.8. The Bertz CT molecular complexity index is 1300. The number of rotatable bonds is 7. The number of aromatic nitrogens is 4. The molecular weight excluding hydrogens is 476 g/mol. The Labute approximate surface area is 224 Å². The Morgan fingerprint density at radius 1 is 0.947 bits per heavy atom. The van der Waals surface area contributed by atoms with E-state index in [1.54, 1.807) is 6.20 Å². The van der Waals surface area contributed by atoms with Crippen molar-refractivity contribution in [1.29, 1.82) is 0 Å². The molecule has 1 aliphatic heterocycles. The molecule has 3 aliphatic rings. The van der Waals surface area contributed by atoms with Crippen molar-refractivity contribution in [3.8, 4) is 5.88 Å². The first-order chi connectivity index (χ1) is 18.6. The van der Waals surface area contributed by atoms with E-state index >= 15 is 0 Å². The fraction of sp³-hybridized carbons (Fsp3) is 0.533. The minimum Gasteiger partial charge on any atom is -0.473 e. The summed E-state index contributed by atoms with van der Waals surface area (Å²) in [5, 5.41) is 3.58. The van der Waals surface area contributed by atoms with E-state index in [-0.39, 0.29) is 6.10 Å². The number of hydrogen-bond acceptors (Lipinski definition) is 8. The summed E-state index contributed by atoms with van der Waals surface area (Å²) >= 11 is 0. The minimum atomic E-state index is 0.203. The monoisotopic (exact) mass is 514 g/mol. The number of ether oxygens (including phenoxy) is 2. The third-order valence-corrected chi connectivity index (χ3v) is 8.08. The molecule has 2 aliphatic carbocycles. The van der Waals surface area contributed by atoms with Gasteiger partial charge >= 0.3 is 0 Å². The highest BCUT2D eigenvalue weighted by Crippen LogP contribution is 2.33. The number of piperidine rings is 1.